The highest BCUT2D eigenvalue weighted by atomic mass is 16.5. The first-order chi connectivity index (χ1) is 3.60. The molecule has 1 saturated heterocycles. The summed E-state index contributed by atoms with van der Waals surface area (Å²) in [6, 6.07) is 0. The van der Waals surface area contributed by atoms with Crippen LogP contribution < -0.4 is 0 Å². The summed E-state index contributed by atoms with van der Waals surface area (Å²) in [5.41, 5.74) is 0.166. The molecule has 0 aromatic heterocycles. The molecule has 1 aliphatic rings. The van der Waals surface area contributed by atoms with Gasteiger partial charge in [0.05, 0.1) is 11.7 Å². The Morgan fingerprint density at radius 3 is 2.25 bits per heavy atom. The standard InChI is InChI=1S/C7H14O/c1-6-4-5-7(2,3)8-6/h6H,4-5H2,1-3H3/t6-/m0/s1. The molecule has 1 atom stereocenters. The van der Waals surface area contributed by atoms with E-state index in [0.717, 1.165) is 0 Å². The van der Waals surface area contributed by atoms with Crippen molar-refractivity contribution in [2.45, 2.75) is 45.3 Å². The van der Waals surface area contributed by atoms with Gasteiger partial charge in [0.15, 0.2) is 0 Å². The number of hydrogen-bond donors (Lipinski definition) is 0. The van der Waals surface area contributed by atoms with Crippen molar-refractivity contribution in [2.24, 2.45) is 0 Å². The molecule has 1 nitrogen and oxygen atoms in total. The van der Waals surface area contributed by atoms with Gasteiger partial charge in [-0.05, 0) is 33.6 Å². The number of rotatable bonds is 0. The summed E-state index contributed by atoms with van der Waals surface area (Å²) >= 11 is 0. The van der Waals surface area contributed by atoms with E-state index in [1.54, 1.807) is 0 Å². The van der Waals surface area contributed by atoms with Gasteiger partial charge in [-0.3, -0.25) is 0 Å². The lowest BCUT2D eigenvalue weighted by Crippen LogP contribution is -2.18. The lowest BCUT2D eigenvalue weighted by atomic mass is 10.1. The zero-order valence-electron chi connectivity index (χ0n) is 5.90. The van der Waals surface area contributed by atoms with Crippen molar-refractivity contribution >= 4 is 0 Å². The van der Waals surface area contributed by atoms with Crippen molar-refractivity contribution in [1.29, 1.82) is 0 Å². The SMILES string of the molecule is C[C@H]1CCC(C)(C)O1. The van der Waals surface area contributed by atoms with E-state index >= 15 is 0 Å². The highest BCUT2D eigenvalue weighted by Gasteiger charge is 2.28. The molecule has 0 aromatic carbocycles. The third-order valence-corrected chi connectivity index (χ3v) is 1.67. The predicted octanol–water partition coefficient (Wildman–Crippen LogP) is 1.96. The molecule has 1 heteroatoms. The van der Waals surface area contributed by atoms with Crippen LogP contribution in [0.3, 0.4) is 0 Å². The molecule has 8 heavy (non-hydrogen) atoms. The lowest BCUT2D eigenvalue weighted by Gasteiger charge is -2.16. The summed E-state index contributed by atoms with van der Waals surface area (Å²) in [5.74, 6) is 0. The van der Waals surface area contributed by atoms with Gasteiger partial charge >= 0.3 is 0 Å². The van der Waals surface area contributed by atoms with Crippen LogP contribution in [-0.2, 0) is 4.74 Å². The summed E-state index contributed by atoms with van der Waals surface area (Å²) < 4.78 is 5.55. The van der Waals surface area contributed by atoms with Crippen LogP contribution in [0.15, 0.2) is 0 Å². The van der Waals surface area contributed by atoms with E-state index in [0.29, 0.717) is 6.10 Å². The highest BCUT2D eigenvalue weighted by molar-refractivity contribution is 4.77. The van der Waals surface area contributed by atoms with Gasteiger partial charge < -0.3 is 4.74 Å². The van der Waals surface area contributed by atoms with Crippen LogP contribution in [0.1, 0.15) is 33.6 Å². The first-order valence-electron chi connectivity index (χ1n) is 3.28. The Labute approximate surface area is 51.0 Å². The Hall–Kier alpha value is -0.0400. The quantitative estimate of drug-likeness (QED) is 0.468. The van der Waals surface area contributed by atoms with Crippen molar-refractivity contribution in [3.8, 4) is 0 Å². The Balaban J connectivity index is 2.44. The Kier molecular flexibility index (Phi) is 1.31. The molecule has 1 rings (SSSR count). The van der Waals surface area contributed by atoms with E-state index in [9.17, 15) is 0 Å². The normalized spacial score (nSPS) is 35.6. The minimum Gasteiger partial charge on any atom is -0.373 e. The second-order valence-electron chi connectivity index (χ2n) is 3.23. The summed E-state index contributed by atoms with van der Waals surface area (Å²) in [5, 5.41) is 0. The second-order valence-corrected chi connectivity index (χ2v) is 3.23. The van der Waals surface area contributed by atoms with Gasteiger partial charge in [-0.2, -0.15) is 0 Å². The molecule has 0 aliphatic carbocycles. The summed E-state index contributed by atoms with van der Waals surface area (Å²) in [7, 11) is 0. The maximum Gasteiger partial charge on any atom is 0.0631 e. The fraction of sp³-hybridized carbons (Fsp3) is 1.00. The van der Waals surface area contributed by atoms with E-state index in [1.807, 2.05) is 0 Å². The smallest absolute Gasteiger partial charge is 0.0631 e. The van der Waals surface area contributed by atoms with Crippen molar-refractivity contribution in [2.75, 3.05) is 0 Å². The lowest BCUT2D eigenvalue weighted by molar-refractivity contribution is -0.00669. The molecular weight excluding hydrogens is 100 g/mol. The van der Waals surface area contributed by atoms with Crippen molar-refractivity contribution in [3.05, 3.63) is 0 Å². The molecule has 0 aromatic rings. The van der Waals surface area contributed by atoms with Gasteiger partial charge in [-0.1, -0.05) is 0 Å². The first-order valence-corrected chi connectivity index (χ1v) is 3.28. The molecule has 1 fully saturated rings. The van der Waals surface area contributed by atoms with Crippen LogP contribution in [0.25, 0.3) is 0 Å². The van der Waals surface area contributed by atoms with E-state index in [-0.39, 0.29) is 5.60 Å². The Morgan fingerprint density at radius 1 is 1.50 bits per heavy atom. The van der Waals surface area contributed by atoms with Crippen molar-refractivity contribution in [3.63, 3.8) is 0 Å². The van der Waals surface area contributed by atoms with Crippen LogP contribution in [0, 0.1) is 0 Å². The van der Waals surface area contributed by atoms with Crippen LogP contribution in [0.5, 0.6) is 0 Å². The maximum atomic E-state index is 5.55. The van der Waals surface area contributed by atoms with Crippen LogP contribution >= 0.6 is 0 Å². The van der Waals surface area contributed by atoms with Gasteiger partial charge in [0.25, 0.3) is 0 Å². The van der Waals surface area contributed by atoms with E-state index in [4.69, 9.17) is 4.74 Å². The molecule has 48 valence electrons. The molecule has 0 saturated carbocycles. The van der Waals surface area contributed by atoms with Crippen LogP contribution in [-0.4, -0.2) is 11.7 Å². The fourth-order valence-electron chi connectivity index (χ4n) is 1.21. The minimum atomic E-state index is 0.166. The molecule has 0 amide bonds. The van der Waals surface area contributed by atoms with Crippen LogP contribution in [0.4, 0.5) is 0 Å². The summed E-state index contributed by atoms with van der Waals surface area (Å²) in [4.78, 5) is 0. The largest absolute Gasteiger partial charge is 0.373 e. The highest BCUT2D eigenvalue weighted by Crippen LogP contribution is 2.28. The van der Waals surface area contributed by atoms with Gasteiger partial charge in [-0.15, -0.1) is 0 Å². The minimum absolute atomic E-state index is 0.166. The van der Waals surface area contributed by atoms with Crippen molar-refractivity contribution in [1.82, 2.24) is 0 Å². The monoisotopic (exact) mass is 114 g/mol. The second kappa shape index (κ2) is 1.73. The summed E-state index contributed by atoms with van der Waals surface area (Å²) in [6.07, 6.45) is 2.94. The number of ether oxygens (including phenoxy) is 1. The van der Waals surface area contributed by atoms with Gasteiger partial charge in [0.1, 0.15) is 0 Å². The Bertz CT molecular complexity index is 86.4. The third-order valence-electron chi connectivity index (χ3n) is 1.67. The van der Waals surface area contributed by atoms with Gasteiger partial charge in [-0.25, -0.2) is 0 Å². The fourth-order valence-corrected chi connectivity index (χ4v) is 1.21. The molecule has 1 aliphatic heterocycles. The molecule has 1 heterocycles. The van der Waals surface area contributed by atoms with E-state index < -0.39 is 0 Å². The topological polar surface area (TPSA) is 9.23 Å². The van der Waals surface area contributed by atoms with Gasteiger partial charge in [0.2, 0.25) is 0 Å². The van der Waals surface area contributed by atoms with E-state index in [2.05, 4.69) is 20.8 Å². The zero-order valence-corrected chi connectivity index (χ0v) is 5.90. The van der Waals surface area contributed by atoms with Gasteiger partial charge in [0, 0.05) is 0 Å². The average Bonchev–Trinajstić information content (AvgIpc) is 1.82. The molecule has 0 bridgehead atoms. The average molecular weight is 114 g/mol. The van der Waals surface area contributed by atoms with Crippen molar-refractivity contribution < 1.29 is 4.74 Å². The molecule has 0 spiro atoms. The predicted molar refractivity (Wildman–Crippen MR) is 33.9 cm³/mol. The van der Waals surface area contributed by atoms with E-state index in [1.165, 1.54) is 12.8 Å². The first kappa shape index (κ1) is 6.09. The third kappa shape index (κ3) is 1.22. The van der Waals surface area contributed by atoms with Crippen LogP contribution in [0.2, 0.25) is 0 Å². The number of hydrogen-bond acceptors (Lipinski definition) is 1. The maximum absolute atomic E-state index is 5.55. The zero-order chi connectivity index (χ0) is 6.20. The Morgan fingerprint density at radius 2 is 2.12 bits per heavy atom. The molecule has 0 radical (unpaired) electrons. The molecule has 0 N–H and O–H groups in total. The molecular formula is C7H14O. The molecule has 0 unspecified atom stereocenters. The summed E-state index contributed by atoms with van der Waals surface area (Å²) in [6.45, 7) is 6.43.